The molecule has 2 aromatic carbocycles. The van der Waals surface area contributed by atoms with Gasteiger partial charge in [0.1, 0.15) is 17.7 Å². The molecule has 0 spiro atoms. The third-order valence-corrected chi connectivity index (χ3v) is 6.34. The average molecular weight is 496 g/mol. The van der Waals surface area contributed by atoms with E-state index in [2.05, 4.69) is 20.1 Å². The van der Waals surface area contributed by atoms with Gasteiger partial charge in [-0.3, -0.25) is 0 Å². The maximum absolute atomic E-state index is 15.2. The van der Waals surface area contributed by atoms with E-state index in [9.17, 15) is 5.11 Å². The number of anilines is 2. The molecule has 0 aliphatic carbocycles. The van der Waals surface area contributed by atoms with Crippen molar-refractivity contribution in [2.24, 2.45) is 0 Å². The number of nitrogens with zero attached hydrogens (tertiary/aromatic N) is 4. The first-order valence-electron chi connectivity index (χ1n) is 11.0. The van der Waals surface area contributed by atoms with E-state index in [0.717, 1.165) is 24.2 Å². The smallest absolute Gasteiger partial charge is 0.233 e. The summed E-state index contributed by atoms with van der Waals surface area (Å²) in [6.07, 6.45) is -1.22. The fraction of sp³-hybridized carbons (Fsp3) is 0.240. The van der Waals surface area contributed by atoms with E-state index in [-0.39, 0.29) is 27.7 Å². The molecule has 0 amide bonds. The molecule has 35 heavy (non-hydrogen) atoms. The van der Waals surface area contributed by atoms with Gasteiger partial charge in [-0.15, -0.1) is 10.2 Å². The summed E-state index contributed by atoms with van der Waals surface area (Å²) in [5.41, 5.74) is 9.07. The van der Waals surface area contributed by atoms with Gasteiger partial charge in [-0.25, -0.2) is 9.37 Å². The molecule has 0 radical (unpaired) electrons. The van der Waals surface area contributed by atoms with E-state index >= 15 is 4.39 Å². The average Bonchev–Trinajstić information content (AvgIpc) is 2.88. The highest BCUT2D eigenvalue weighted by molar-refractivity contribution is 6.31. The Morgan fingerprint density at radius 1 is 1.09 bits per heavy atom. The van der Waals surface area contributed by atoms with Crippen molar-refractivity contribution in [3.05, 3.63) is 70.6 Å². The second kappa shape index (κ2) is 9.61. The fourth-order valence-electron chi connectivity index (χ4n) is 4.20. The van der Waals surface area contributed by atoms with Gasteiger partial charge >= 0.3 is 0 Å². The van der Waals surface area contributed by atoms with E-state index in [1.807, 2.05) is 18.2 Å². The lowest BCUT2D eigenvalue weighted by molar-refractivity contribution is 0.122. The van der Waals surface area contributed by atoms with Gasteiger partial charge in [-0.05, 0) is 42.0 Å². The highest BCUT2D eigenvalue weighted by Crippen LogP contribution is 2.38. The van der Waals surface area contributed by atoms with Crippen molar-refractivity contribution < 1.29 is 19.0 Å². The van der Waals surface area contributed by atoms with Crippen molar-refractivity contribution in [2.75, 3.05) is 44.0 Å². The summed E-state index contributed by atoms with van der Waals surface area (Å²) in [7, 11) is 1.47. The Kier molecular flexibility index (Phi) is 6.38. The number of rotatable bonds is 5. The molecule has 1 aliphatic rings. The standard InChI is InChI=1S/C25H23ClFN5O3/c1-34-24-5-4-21(30-31-24)25(33)18-11-17(20(27)13-19(18)26)16-12-23(28)29-22-10-14(2-3-15(16)22)32-6-8-35-9-7-32/h2-5,10-13,25,33H,6-9H2,1H3,(H2,28,29). The monoisotopic (exact) mass is 495 g/mol. The lowest BCUT2D eigenvalue weighted by Gasteiger charge is -2.29. The zero-order valence-corrected chi connectivity index (χ0v) is 19.7. The predicted octanol–water partition coefficient (Wildman–Crippen LogP) is 3.99. The number of morpholine rings is 1. The Morgan fingerprint density at radius 2 is 1.89 bits per heavy atom. The van der Waals surface area contributed by atoms with Gasteiger partial charge in [0, 0.05) is 46.4 Å². The largest absolute Gasteiger partial charge is 0.480 e. The number of nitrogen functional groups attached to an aromatic ring is 1. The second-order valence-corrected chi connectivity index (χ2v) is 8.56. The Hall–Kier alpha value is -3.53. The summed E-state index contributed by atoms with van der Waals surface area (Å²) in [5, 5.41) is 19.6. The van der Waals surface area contributed by atoms with Crippen molar-refractivity contribution in [1.29, 1.82) is 0 Å². The van der Waals surface area contributed by atoms with Gasteiger partial charge in [0.05, 0.1) is 31.5 Å². The Morgan fingerprint density at radius 3 is 2.60 bits per heavy atom. The molecule has 1 aliphatic heterocycles. The lowest BCUT2D eigenvalue weighted by atomic mass is 9.96. The first kappa shape index (κ1) is 23.2. The van der Waals surface area contributed by atoms with Crippen LogP contribution in [-0.2, 0) is 4.74 Å². The highest BCUT2D eigenvalue weighted by atomic mass is 35.5. The molecule has 4 aromatic rings. The second-order valence-electron chi connectivity index (χ2n) is 8.15. The minimum atomic E-state index is -1.22. The fourth-order valence-corrected chi connectivity index (χ4v) is 4.46. The van der Waals surface area contributed by atoms with Gasteiger partial charge in [-0.1, -0.05) is 17.7 Å². The number of ether oxygens (including phenoxy) is 2. The summed E-state index contributed by atoms with van der Waals surface area (Å²) in [6.45, 7) is 2.88. The van der Waals surface area contributed by atoms with Crippen molar-refractivity contribution in [2.45, 2.75) is 6.10 Å². The van der Waals surface area contributed by atoms with Gasteiger partial charge in [0.25, 0.3) is 0 Å². The van der Waals surface area contributed by atoms with Gasteiger partial charge in [-0.2, -0.15) is 0 Å². The first-order valence-corrected chi connectivity index (χ1v) is 11.4. The van der Waals surface area contributed by atoms with Gasteiger partial charge in [0.2, 0.25) is 5.88 Å². The maximum atomic E-state index is 15.2. The topological polar surface area (TPSA) is 107 Å². The quantitative estimate of drug-likeness (QED) is 0.428. The summed E-state index contributed by atoms with van der Waals surface area (Å²) in [4.78, 5) is 6.69. The van der Waals surface area contributed by atoms with Crippen LogP contribution in [0.5, 0.6) is 5.88 Å². The van der Waals surface area contributed by atoms with Crippen LogP contribution >= 0.6 is 11.6 Å². The Bertz CT molecular complexity index is 1380. The summed E-state index contributed by atoms with van der Waals surface area (Å²) in [6, 6.07) is 13.3. The number of aromatic nitrogens is 3. The van der Waals surface area contributed by atoms with Crippen LogP contribution < -0.4 is 15.4 Å². The molecule has 1 unspecified atom stereocenters. The summed E-state index contributed by atoms with van der Waals surface area (Å²) in [5.74, 6) is 0.0158. The van der Waals surface area contributed by atoms with Crippen LogP contribution in [0.25, 0.3) is 22.0 Å². The molecule has 3 heterocycles. The maximum Gasteiger partial charge on any atom is 0.233 e. The summed E-state index contributed by atoms with van der Waals surface area (Å²) >= 11 is 6.32. The van der Waals surface area contributed by atoms with E-state index in [4.69, 9.17) is 26.8 Å². The number of pyridine rings is 1. The predicted molar refractivity (Wildman–Crippen MR) is 132 cm³/mol. The molecule has 0 bridgehead atoms. The number of benzene rings is 2. The molecular formula is C25H23ClFN5O3. The number of methoxy groups -OCH3 is 1. The zero-order chi connectivity index (χ0) is 24.5. The molecule has 1 fully saturated rings. The number of nitrogens with two attached hydrogens (primary N) is 1. The Labute approximate surface area is 206 Å². The van der Waals surface area contributed by atoms with E-state index in [1.54, 1.807) is 18.2 Å². The molecule has 3 N–H and O–H groups in total. The Balaban J connectivity index is 1.59. The number of halogens is 2. The summed E-state index contributed by atoms with van der Waals surface area (Å²) < 4.78 is 25.7. The molecular weight excluding hydrogens is 473 g/mol. The van der Waals surface area contributed by atoms with E-state index < -0.39 is 11.9 Å². The molecule has 1 atom stereocenters. The molecule has 180 valence electrons. The van der Waals surface area contributed by atoms with Crippen molar-refractivity contribution in [1.82, 2.24) is 15.2 Å². The number of hydrogen-bond donors (Lipinski definition) is 2. The molecule has 5 rings (SSSR count). The minimum Gasteiger partial charge on any atom is -0.480 e. The van der Waals surface area contributed by atoms with Crippen LogP contribution in [0.1, 0.15) is 17.4 Å². The van der Waals surface area contributed by atoms with Crippen molar-refractivity contribution in [3.8, 4) is 17.0 Å². The molecule has 2 aromatic heterocycles. The van der Waals surface area contributed by atoms with Crippen LogP contribution in [0.15, 0.2) is 48.5 Å². The number of fused-ring (bicyclic) bond motifs is 1. The molecule has 1 saturated heterocycles. The van der Waals surface area contributed by atoms with Crippen LogP contribution in [0, 0.1) is 5.82 Å². The lowest BCUT2D eigenvalue weighted by Crippen LogP contribution is -2.36. The zero-order valence-electron chi connectivity index (χ0n) is 18.9. The molecule has 0 saturated carbocycles. The van der Waals surface area contributed by atoms with Crippen LogP contribution in [0.4, 0.5) is 15.9 Å². The third-order valence-electron chi connectivity index (χ3n) is 6.01. The minimum absolute atomic E-state index is 0.0669. The number of aliphatic hydroxyl groups excluding tert-OH is 1. The van der Waals surface area contributed by atoms with Crippen molar-refractivity contribution in [3.63, 3.8) is 0 Å². The highest BCUT2D eigenvalue weighted by Gasteiger charge is 2.21. The van der Waals surface area contributed by atoms with Crippen LogP contribution in [0.3, 0.4) is 0 Å². The SMILES string of the molecule is COc1ccc(C(O)c2cc(-c3cc(N)nc4cc(N5CCOCC5)ccc34)c(F)cc2Cl)nn1. The van der Waals surface area contributed by atoms with Crippen LogP contribution in [0.2, 0.25) is 5.02 Å². The third kappa shape index (κ3) is 4.58. The van der Waals surface area contributed by atoms with Crippen LogP contribution in [-0.4, -0.2) is 53.7 Å². The first-order chi connectivity index (χ1) is 16.9. The van der Waals surface area contributed by atoms with E-state index in [1.165, 1.54) is 19.2 Å². The van der Waals surface area contributed by atoms with Gasteiger partial charge in [0.15, 0.2) is 0 Å². The van der Waals surface area contributed by atoms with Gasteiger partial charge < -0.3 is 25.2 Å². The number of aliphatic hydroxyl groups is 1. The number of hydrogen-bond acceptors (Lipinski definition) is 8. The van der Waals surface area contributed by atoms with Crippen molar-refractivity contribution >= 4 is 34.0 Å². The van der Waals surface area contributed by atoms with E-state index in [0.29, 0.717) is 30.2 Å². The molecule has 10 heteroatoms. The molecule has 8 nitrogen and oxygen atoms in total. The normalized spacial score (nSPS) is 14.8.